The van der Waals surface area contributed by atoms with Crippen molar-refractivity contribution in [3.63, 3.8) is 0 Å². The third kappa shape index (κ3) is 3.43. The summed E-state index contributed by atoms with van der Waals surface area (Å²) in [6.45, 7) is 0.736. The molecule has 1 aromatic carbocycles. The SMILES string of the molecule is CN(Cc1cccnc1)c1ccc(C(N)=S)cc1Cl. The highest BCUT2D eigenvalue weighted by Crippen LogP contribution is 2.27. The van der Waals surface area contributed by atoms with Crippen LogP contribution in [0.5, 0.6) is 0 Å². The monoisotopic (exact) mass is 291 g/mol. The van der Waals surface area contributed by atoms with Gasteiger partial charge in [0.25, 0.3) is 0 Å². The van der Waals surface area contributed by atoms with Crippen molar-refractivity contribution < 1.29 is 0 Å². The molecule has 5 heteroatoms. The van der Waals surface area contributed by atoms with Crippen LogP contribution in [0.1, 0.15) is 11.1 Å². The number of halogens is 1. The summed E-state index contributed by atoms with van der Waals surface area (Å²) >= 11 is 11.2. The largest absolute Gasteiger partial charge is 0.389 e. The molecule has 0 aliphatic heterocycles. The van der Waals surface area contributed by atoms with E-state index >= 15 is 0 Å². The molecule has 0 spiro atoms. The molecule has 0 aliphatic carbocycles. The number of hydrogen-bond donors (Lipinski definition) is 1. The minimum atomic E-state index is 0.350. The first-order valence-corrected chi connectivity index (χ1v) is 6.56. The maximum absolute atomic E-state index is 6.26. The van der Waals surface area contributed by atoms with Crippen LogP contribution in [0.4, 0.5) is 5.69 Å². The van der Waals surface area contributed by atoms with Gasteiger partial charge in [-0.05, 0) is 29.8 Å². The van der Waals surface area contributed by atoms with E-state index in [0.29, 0.717) is 10.0 Å². The highest BCUT2D eigenvalue weighted by molar-refractivity contribution is 7.80. The number of rotatable bonds is 4. The van der Waals surface area contributed by atoms with Crippen LogP contribution >= 0.6 is 23.8 Å². The normalized spacial score (nSPS) is 10.2. The van der Waals surface area contributed by atoms with Gasteiger partial charge in [0.1, 0.15) is 4.99 Å². The first-order chi connectivity index (χ1) is 9.08. The fourth-order valence-corrected chi connectivity index (χ4v) is 2.27. The van der Waals surface area contributed by atoms with E-state index in [1.54, 1.807) is 12.3 Å². The van der Waals surface area contributed by atoms with Crippen molar-refractivity contribution >= 4 is 34.5 Å². The standard InChI is InChI=1S/C14H14ClN3S/c1-18(9-10-3-2-6-17-8-10)13-5-4-11(14(16)19)7-12(13)15/h2-8H,9H2,1H3,(H2,16,19). The summed E-state index contributed by atoms with van der Waals surface area (Å²) in [5.41, 5.74) is 8.42. The van der Waals surface area contributed by atoms with Crippen LogP contribution in [0.3, 0.4) is 0 Å². The van der Waals surface area contributed by atoms with Gasteiger partial charge in [0.05, 0.1) is 10.7 Å². The van der Waals surface area contributed by atoms with E-state index in [1.807, 2.05) is 37.5 Å². The average molecular weight is 292 g/mol. The van der Waals surface area contributed by atoms with Crippen molar-refractivity contribution in [3.8, 4) is 0 Å². The molecule has 0 fully saturated rings. The van der Waals surface area contributed by atoms with E-state index in [0.717, 1.165) is 23.4 Å². The van der Waals surface area contributed by atoms with Crippen LogP contribution in [-0.4, -0.2) is 17.0 Å². The Kier molecular flexibility index (Phi) is 4.35. The molecule has 0 aliphatic rings. The quantitative estimate of drug-likeness (QED) is 0.880. The van der Waals surface area contributed by atoms with Crippen molar-refractivity contribution in [1.29, 1.82) is 0 Å². The molecule has 0 atom stereocenters. The first-order valence-electron chi connectivity index (χ1n) is 5.77. The van der Waals surface area contributed by atoms with E-state index in [4.69, 9.17) is 29.6 Å². The fourth-order valence-electron chi connectivity index (χ4n) is 1.82. The summed E-state index contributed by atoms with van der Waals surface area (Å²) in [5, 5.41) is 0.636. The molecule has 2 N–H and O–H groups in total. The molecule has 0 saturated carbocycles. The van der Waals surface area contributed by atoms with Gasteiger partial charge in [0.15, 0.2) is 0 Å². The van der Waals surface area contributed by atoms with Gasteiger partial charge in [-0.25, -0.2) is 0 Å². The molecule has 0 amide bonds. The van der Waals surface area contributed by atoms with E-state index < -0.39 is 0 Å². The zero-order valence-corrected chi connectivity index (χ0v) is 12.1. The van der Waals surface area contributed by atoms with Crippen LogP contribution in [-0.2, 0) is 6.54 Å². The van der Waals surface area contributed by atoms with E-state index in [-0.39, 0.29) is 0 Å². The van der Waals surface area contributed by atoms with Crippen LogP contribution in [0.2, 0.25) is 5.02 Å². The third-order valence-corrected chi connectivity index (χ3v) is 3.32. The number of benzene rings is 1. The van der Waals surface area contributed by atoms with Crippen molar-refractivity contribution in [2.24, 2.45) is 5.73 Å². The highest BCUT2D eigenvalue weighted by atomic mass is 35.5. The molecule has 3 nitrogen and oxygen atoms in total. The molecule has 0 unspecified atom stereocenters. The van der Waals surface area contributed by atoms with Crippen LogP contribution in [0, 0.1) is 0 Å². The molecule has 0 saturated heterocycles. The van der Waals surface area contributed by atoms with Gasteiger partial charge in [0.2, 0.25) is 0 Å². The highest BCUT2D eigenvalue weighted by Gasteiger charge is 2.08. The molecule has 1 aromatic heterocycles. The molecule has 0 bridgehead atoms. The second-order valence-electron chi connectivity index (χ2n) is 4.25. The summed E-state index contributed by atoms with van der Waals surface area (Å²) in [7, 11) is 1.98. The van der Waals surface area contributed by atoms with Crippen molar-refractivity contribution in [3.05, 3.63) is 58.9 Å². The Morgan fingerprint density at radius 2 is 2.21 bits per heavy atom. The Morgan fingerprint density at radius 1 is 1.42 bits per heavy atom. The predicted octanol–water partition coefficient (Wildman–Crippen LogP) is 3.01. The number of pyridine rings is 1. The summed E-state index contributed by atoms with van der Waals surface area (Å²) in [4.78, 5) is 6.51. The number of aromatic nitrogens is 1. The van der Waals surface area contributed by atoms with Gasteiger partial charge in [-0.2, -0.15) is 0 Å². The van der Waals surface area contributed by atoms with Crippen molar-refractivity contribution in [2.45, 2.75) is 6.54 Å². The second kappa shape index (κ2) is 5.99. The maximum atomic E-state index is 6.26. The summed E-state index contributed by atoms with van der Waals surface area (Å²) < 4.78 is 0. The molecule has 2 rings (SSSR count). The maximum Gasteiger partial charge on any atom is 0.104 e. The molecule has 19 heavy (non-hydrogen) atoms. The van der Waals surface area contributed by atoms with Gasteiger partial charge in [0, 0.05) is 31.5 Å². The zero-order valence-electron chi connectivity index (χ0n) is 10.5. The number of nitrogens with zero attached hydrogens (tertiary/aromatic N) is 2. The van der Waals surface area contributed by atoms with Gasteiger partial charge in [-0.3, -0.25) is 4.98 Å². The lowest BCUT2D eigenvalue weighted by atomic mass is 10.2. The van der Waals surface area contributed by atoms with Gasteiger partial charge < -0.3 is 10.6 Å². The Balaban J connectivity index is 2.20. The molecule has 0 radical (unpaired) electrons. The van der Waals surface area contributed by atoms with Crippen LogP contribution in [0.15, 0.2) is 42.7 Å². The Hall–Kier alpha value is -1.65. The van der Waals surface area contributed by atoms with Gasteiger partial charge in [-0.15, -0.1) is 0 Å². The van der Waals surface area contributed by atoms with Crippen LogP contribution in [0.25, 0.3) is 0 Å². The zero-order chi connectivity index (χ0) is 13.8. The van der Waals surface area contributed by atoms with Crippen molar-refractivity contribution in [1.82, 2.24) is 4.98 Å². The Labute approximate surface area is 123 Å². The lowest BCUT2D eigenvalue weighted by molar-refractivity contribution is 0.915. The number of anilines is 1. The Morgan fingerprint density at radius 3 is 2.79 bits per heavy atom. The smallest absolute Gasteiger partial charge is 0.104 e. The predicted molar refractivity (Wildman–Crippen MR) is 83.7 cm³/mol. The fraction of sp³-hybridized carbons (Fsp3) is 0.143. The number of hydrogen-bond acceptors (Lipinski definition) is 3. The molecule has 2 aromatic rings. The van der Waals surface area contributed by atoms with Gasteiger partial charge >= 0.3 is 0 Å². The minimum absolute atomic E-state index is 0.350. The second-order valence-corrected chi connectivity index (χ2v) is 5.09. The number of thiocarbonyl (C=S) groups is 1. The summed E-state index contributed by atoms with van der Waals surface area (Å²) in [5.74, 6) is 0. The number of nitrogens with two attached hydrogens (primary N) is 1. The average Bonchev–Trinajstić information content (AvgIpc) is 2.39. The Bertz CT molecular complexity index is 586. The topological polar surface area (TPSA) is 42.2 Å². The third-order valence-electron chi connectivity index (χ3n) is 2.79. The van der Waals surface area contributed by atoms with Gasteiger partial charge in [-0.1, -0.05) is 29.9 Å². The minimum Gasteiger partial charge on any atom is -0.389 e. The molecular formula is C14H14ClN3S. The summed E-state index contributed by atoms with van der Waals surface area (Å²) in [6, 6.07) is 9.54. The lowest BCUT2D eigenvalue weighted by Gasteiger charge is -2.21. The summed E-state index contributed by atoms with van der Waals surface area (Å²) in [6.07, 6.45) is 3.60. The molecule has 98 valence electrons. The molecule has 1 heterocycles. The van der Waals surface area contributed by atoms with Crippen LogP contribution < -0.4 is 10.6 Å². The van der Waals surface area contributed by atoms with E-state index in [2.05, 4.69) is 9.88 Å². The molecular weight excluding hydrogens is 278 g/mol. The van der Waals surface area contributed by atoms with E-state index in [9.17, 15) is 0 Å². The van der Waals surface area contributed by atoms with Crippen molar-refractivity contribution in [2.75, 3.05) is 11.9 Å². The lowest BCUT2D eigenvalue weighted by Crippen LogP contribution is -2.17. The first kappa shape index (κ1) is 13.8. The van der Waals surface area contributed by atoms with E-state index in [1.165, 1.54) is 0 Å².